The smallest absolute Gasteiger partial charge is 0.323 e. The zero-order valence-electron chi connectivity index (χ0n) is 12.3. The first-order chi connectivity index (χ1) is 6.83. The summed E-state index contributed by atoms with van der Waals surface area (Å²) in [5.74, 6) is 0. The standard InChI is InChI=1S/C10H28O3Si3/c1-10(2)11-15(6,7)13-16(8,9)12-14(3,4)5/h10H,1-9H3. The van der Waals surface area contributed by atoms with Gasteiger partial charge in [0, 0.05) is 6.10 Å². The maximum absolute atomic E-state index is 6.18. The molecule has 0 spiro atoms. The van der Waals surface area contributed by atoms with Gasteiger partial charge >= 0.3 is 17.1 Å². The molecule has 98 valence electrons. The highest BCUT2D eigenvalue weighted by Crippen LogP contribution is 2.21. The molecule has 0 N–H and O–H groups in total. The van der Waals surface area contributed by atoms with Crippen LogP contribution in [0.5, 0.6) is 0 Å². The van der Waals surface area contributed by atoms with Crippen LogP contribution in [0.15, 0.2) is 0 Å². The lowest BCUT2D eigenvalue weighted by atomic mass is 10.5. The van der Waals surface area contributed by atoms with Crippen LogP contribution in [0.4, 0.5) is 0 Å². The van der Waals surface area contributed by atoms with Crippen LogP contribution in [0, 0.1) is 0 Å². The van der Waals surface area contributed by atoms with Crippen molar-refractivity contribution in [1.29, 1.82) is 0 Å². The van der Waals surface area contributed by atoms with Crippen molar-refractivity contribution in [2.45, 2.75) is 65.8 Å². The molecule has 0 saturated heterocycles. The van der Waals surface area contributed by atoms with Gasteiger partial charge in [0.25, 0.3) is 0 Å². The van der Waals surface area contributed by atoms with Crippen LogP contribution in [0.1, 0.15) is 13.8 Å². The zero-order valence-corrected chi connectivity index (χ0v) is 15.3. The molecule has 0 heterocycles. The first-order valence-corrected chi connectivity index (χ1v) is 15.0. The van der Waals surface area contributed by atoms with E-state index in [9.17, 15) is 0 Å². The number of rotatable bonds is 6. The Morgan fingerprint density at radius 2 is 1.12 bits per heavy atom. The van der Waals surface area contributed by atoms with Crippen molar-refractivity contribution in [3.63, 3.8) is 0 Å². The second-order valence-corrected chi connectivity index (χ2v) is 18.0. The molecule has 0 aliphatic carbocycles. The Bertz CT molecular complexity index is 222. The van der Waals surface area contributed by atoms with E-state index < -0.39 is 25.4 Å². The molecule has 6 heteroatoms. The molecule has 0 aliphatic rings. The van der Waals surface area contributed by atoms with Crippen LogP contribution in [-0.2, 0) is 12.7 Å². The summed E-state index contributed by atoms with van der Waals surface area (Å²) in [6, 6.07) is 0. The first kappa shape index (κ1) is 16.5. The molecule has 0 bridgehead atoms. The van der Waals surface area contributed by atoms with E-state index in [1.54, 1.807) is 0 Å². The number of hydrogen-bond donors (Lipinski definition) is 0. The Balaban J connectivity index is 4.45. The van der Waals surface area contributed by atoms with Crippen LogP contribution >= 0.6 is 0 Å². The first-order valence-electron chi connectivity index (χ1n) is 5.91. The lowest BCUT2D eigenvalue weighted by Gasteiger charge is -2.37. The van der Waals surface area contributed by atoms with Crippen LogP contribution < -0.4 is 0 Å². The monoisotopic (exact) mass is 280 g/mol. The third kappa shape index (κ3) is 8.66. The molecule has 0 rings (SSSR count). The van der Waals surface area contributed by atoms with Crippen LogP contribution in [-0.4, -0.2) is 31.5 Å². The van der Waals surface area contributed by atoms with Crippen molar-refractivity contribution in [2.24, 2.45) is 0 Å². The molecular formula is C10H28O3Si3. The Labute approximate surface area is 104 Å². The van der Waals surface area contributed by atoms with Gasteiger partial charge in [-0.1, -0.05) is 0 Å². The zero-order chi connectivity index (χ0) is 13.2. The Morgan fingerprint density at radius 3 is 1.44 bits per heavy atom. The third-order valence-electron chi connectivity index (χ3n) is 1.56. The summed E-state index contributed by atoms with van der Waals surface area (Å²) in [6.45, 7) is 19.1. The summed E-state index contributed by atoms with van der Waals surface area (Å²) in [7, 11) is -5.61. The van der Waals surface area contributed by atoms with Crippen molar-refractivity contribution < 1.29 is 12.7 Å². The van der Waals surface area contributed by atoms with E-state index in [0.717, 1.165) is 0 Å². The second kappa shape index (κ2) is 5.45. The van der Waals surface area contributed by atoms with Gasteiger partial charge in [-0.25, -0.2) is 0 Å². The lowest BCUT2D eigenvalue weighted by molar-refractivity contribution is 0.178. The maximum atomic E-state index is 6.18. The largest absolute Gasteiger partial charge is 0.437 e. The molecule has 0 aromatic rings. The van der Waals surface area contributed by atoms with E-state index >= 15 is 0 Å². The molecule has 3 nitrogen and oxygen atoms in total. The van der Waals surface area contributed by atoms with Crippen molar-refractivity contribution in [1.82, 2.24) is 0 Å². The minimum absolute atomic E-state index is 0.221. The molecule has 0 aliphatic heterocycles. The van der Waals surface area contributed by atoms with E-state index in [0.29, 0.717) is 0 Å². The highest BCUT2D eigenvalue weighted by Gasteiger charge is 2.39. The average molecular weight is 281 g/mol. The molecular weight excluding hydrogens is 252 g/mol. The normalized spacial score (nSPS) is 14.6. The van der Waals surface area contributed by atoms with E-state index in [-0.39, 0.29) is 6.10 Å². The molecule has 0 aromatic carbocycles. The summed E-state index contributed by atoms with van der Waals surface area (Å²) in [6.07, 6.45) is 0.221. The minimum atomic E-state index is -2.04. The van der Waals surface area contributed by atoms with Gasteiger partial charge in [-0.2, -0.15) is 0 Å². The lowest BCUT2D eigenvalue weighted by Crippen LogP contribution is -2.53. The topological polar surface area (TPSA) is 27.7 Å². The minimum Gasteiger partial charge on any atom is -0.437 e. The highest BCUT2D eigenvalue weighted by atomic mass is 28.5. The molecule has 0 radical (unpaired) electrons. The van der Waals surface area contributed by atoms with Gasteiger partial charge in [-0.3, -0.25) is 0 Å². The van der Waals surface area contributed by atoms with Crippen LogP contribution in [0.3, 0.4) is 0 Å². The van der Waals surface area contributed by atoms with Gasteiger partial charge in [-0.15, -0.1) is 0 Å². The fraction of sp³-hybridized carbons (Fsp3) is 1.00. The van der Waals surface area contributed by atoms with E-state index in [2.05, 4.69) is 45.8 Å². The van der Waals surface area contributed by atoms with Gasteiger partial charge in [-0.05, 0) is 59.7 Å². The predicted molar refractivity (Wildman–Crippen MR) is 76.7 cm³/mol. The van der Waals surface area contributed by atoms with E-state index in [1.807, 2.05) is 13.8 Å². The summed E-state index contributed by atoms with van der Waals surface area (Å²) >= 11 is 0. The molecule has 0 saturated carbocycles. The molecule has 0 unspecified atom stereocenters. The van der Waals surface area contributed by atoms with Crippen LogP contribution in [0.25, 0.3) is 0 Å². The summed E-state index contributed by atoms with van der Waals surface area (Å²) in [5, 5.41) is 0. The molecule has 16 heavy (non-hydrogen) atoms. The molecule has 0 amide bonds. The molecule has 0 atom stereocenters. The Morgan fingerprint density at radius 1 is 0.688 bits per heavy atom. The van der Waals surface area contributed by atoms with Crippen molar-refractivity contribution >= 4 is 25.4 Å². The maximum Gasteiger partial charge on any atom is 0.323 e. The van der Waals surface area contributed by atoms with Crippen molar-refractivity contribution in [3.8, 4) is 0 Å². The highest BCUT2D eigenvalue weighted by molar-refractivity contribution is 6.85. The van der Waals surface area contributed by atoms with E-state index in [4.69, 9.17) is 12.7 Å². The summed E-state index contributed by atoms with van der Waals surface area (Å²) in [5.41, 5.74) is 0. The average Bonchev–Trinajstić information content (AvgIpc) is 1.69. The van der Waals surface area contributed by atoms with Gasteiger partial charge in [0.15, 0.2) is 8.32 Å². The quantitative estimate of drug-likeness (QED) is 0.695. The van der Waals surface area contributed by atoms with Gasteiger partial charge in [0.2, 0.25) is 0 Å². The Kier molecular flexibility index (Phi) is 5.63. The summed E-state index contributed by atoms with van der Waals surface area (Å²) < 4.78 is 18.2. The second-order valence-electron chi connectivity index (χ2n) is 6.28. The fourth-order valence-electron chi connectivity index (χ4n) is 1.94. The summed E-state index contributed by atoms with van der Waals surface area (Å²) in [4.78, 5) is 0. The predicted octanol–water partition coefficient (Wildman–Crippen LogP) is 3.68. The van der Waals surface area contributed by atoms with Gasteiger partial charge < -0.3 is 12.7 Å². The van der Waals surface area contributed by atoms with Crippen molar-refractivity contribution in [2.75, 3.05) is 0 Å². The van der Waals surface area contributed by atoms with Crippen LogP contribution in [0.2, 0.25) is 45.8 Å². The van der Waals surface area contributed by atoms with Crippen molar-refractivity contribution in [3.05, 3.63) is 0 Å². The van der Waals surface area contributed by atoms with Gasteiger partial charge in [0.05, 0.1) is 0 Å². The van der Waals surface area contributed by atoms with E-state index in [1.165, 1.54) is 0 Å². The van der Waals surface area contributed by atoms with Gasteiger partial charge in [0.1, 0.15) is 0 Å². The Hall–Kier alpha value is 0.531. The third-order valence-corrected chi connectivity index (χ3v) is 11.0. The SMILES string of the molecule is CC(C)O[Si](C)(C)O[Si](C)(C)O[Si](C)(C)C. The molecule has 0 aromatic heterocycles. The number of hydrogen-bond acceptors (Lipinski definition) is 3. The molecule has 0 fully saturated rings. The fourth-order valence-corrected chi connectivity index (χ4v) is 14.4.